The molecule has 0 radical (unpaired) electrons. The number of hydrogen-bond acceptors (Lipinski definition) is 2. The molecule has 0 bridgehead atoms. The van der Waals surface area contributed by atoms with Crippen LogP contribution in [0.2, 0.25) is 0 Å². The maximum Gasteiger partial charge on any atom is 0.0991 e. The molecule has 0 aliphatic heterocycles. The summed E-state index contributed by atoms with van der Waals surface area (Å²) in [4.78, 5) is 2.82. The predicted molar refractivity (Wildman–Crippen MR) is 68.0 cm³/mol. The summed E-state index contributed by atoms with van der Waals surface area (Å²) in [5.41, 5.74) is 10.1. The quantitative estimate of drug-likeness (QED) is 0.424. The third-order valence-corrected chi connectivity index (χ3v) is 2.34. The monoisotopic (exact) mass is 226 g/mol. The van der Waals surface area contributed by atoms with Crippen LogP contribution in [0.1, 0.15) is 30.9 Å². The summed E-state index contributed by atoms with van der Waals surface area (Å²) in [6.45, 7) is 2.05. The first-order chi connectivity index (χ1) is 8.30. The molecule has 0 aromatic heterocycles. The van der Waals surface area contributed by atoms with Crippen molar-refractivity contribution >= 4 is 6.08 Å². The largest absolute Gasteiger partial charge is 0.192 e. The van der Waals surface area contributed by atoms with Gasteiger partial charge in [0.1, 0.15) is 0 Å². The molecule has 0 spiro atoms. The van der Waals surface area contributed by atoms with Gasteiger partial charge in [-0.1, -0.05) is 42.7 Å². The lowest BCUT2D eigenvalue weighted by molar-refractivity contribution is 0.701. The molecule has 1 aromatic rings. The second-order valence-electron chi connectivity index (χ2n) is 3.65. The summed E-state index contributed by atoms with van der Waals surface area (Å²) in [5.74, 6) is 0. The molecular formula is C13H14N4. The maximum atomic E-state index is 8.66. The zero-order valence-electron chi connectivity index (χ0n) is 9.74. The third kappa shape index (κ3) is 4.42. The van der Waals surface area contributed by atoms with Crippen LogP contribution in [0.3, 0.4) is 0 Å². The summed E-state index contributed by atoms with van der Waals surface area (Å²) >= 11 is 0. The Kier molecular flexibility index (Phi) is 5.36. The Morgan fingerprint density at radius 3 is 2.71 bits per heavy atom. The van der Waals surface area contributed by atoms with Gasteiger partial charge in [0.2, 0.25) is 0 Å². The Morgan fingerprint density at radius 2 is 2.18 bits per heavy atom. The zero-order valence-corrected chi connectivity index (χ0v) is 9.74. The predicted octanol–water partition coefficient (Wildman–Crippen LogP) is 4.05. The van der Waals surface area contributed by atoms with Crippen LogP contribution >= 0.6 is 0 Å². The van der Waals surface area contributed by atoms with Crippen molar-refractivity contribution in [3.63, 3.8) is 0 Å². The Bertz CT molecular complexity index is 461. The van der Waals surface area contributed by atoms with Crippen molar-refractivity contribution in [2.75, 3.05) is 0 Å². The normalized spacial score (nSPS) is 11.8. The first kappa shape index (κ1) is 12.8. The van der Waals surface area contributed by atoms with Crippen LogP contribution in [-0.2, 0) is 0 Å². The van der Waals surface area contributed by atoms with E-state index in [0.29, 0.717) is 5.56 Å². The molecule has 0 saturated carbocycles. The Labute approximate surface area is 101 Å². The fraction of sp³-hybridized carbons (Fsp3) is 0.308. The van der Waals surface area contributed by atoms with Gasteiger partial charge in [0, 0.05) is 4.91 Å². The molecule has 0 aliphatic carbocycles. The van der Waals surface area contributed by atoms with Gasteiger partial charge in [-0.05, 0) is 29.6 Å². The van der Waals surface area contributed by atoms with E-state index in [2.05, 4.69) is 23.0 Å². The number of rotatable bonds is 5. The highest BCUT2D eigenvalue weighted by Gasteiger charge is 1.99. The van der Waals surface area contributed by atoms with Gasteiger partial charge in [-0.3, -0.25) is 0 Å². The fourth-order valence-corrected chi connectivity index (χ4v) is 1.45. The molecule has 1 rings (SSSR count). The van der Waals surface area contributed by atoms with Crippen LogP contribution in [0.5, 0.6) is 0 Å². The van der Waals surface area contributed by atoms with Crippen LogP contribution < -0.4 is 0 Å². The number of hydrogen-bond donors (Lipinski definition) is 0. The highest BCUT2D eigenvalue weighted by atomic mass is 15.1. The SMILES string of the molecule is CCCC(/C=C/c1ccc(C#N)cc1)N=[N+]=[N-]. The summed E-state index contributed by atoms with van der Waals surface area (Å²) in [6.07, 6.45) is 5.62. The molecule has 0 N–H and O–H groups in total. The molecule has 0 heterocycles. The maximum absolute atomic E-state index is 8.66. The molecule has 1 aromatic carbocycles. The van der Waals surface area contributed by atoms with Crippen molar-refractivity contribution < 1.29 is 0 Å². The molecule has 0 saturated heterocycles. The molecule has 0 aliphatic rings. The van der Waals surface area contributed by atoms with Gasteiger partial charge in [-0.15, -0.1) is 0 Å². The van der Waals surface area contributed by atoms with E-state index >= 15 is 0 Å². The van der Waals surface area contributed by atoms with Gasteiger partial charge in [-0.2, -0.15) is 5.26 Å². The van der Waals surface area contributed by atoms with Gasteiger partial charge < -0.3 is 0 Å². The van der Waals surface area contributed by atoms with Crippen LogP contribution in [0.15, 0.2) is 35.5 Å². The van der Waals surface area contributed by atoms with E-state index in [1.165, 1.54) is 0 Å². The van der Waals surface area contributed by atoms with Crippen LogP contribution in [0, 0.1) is 11.3 Å². The van der Waals surface area contributed by atoms with E-state index < -0.39 is 0 Å². The van der Waals surface area contributed by atoms with Crippen LogP contribution in [-0.4, -0.2) is 6.04 Å². The molecule has 4 nitrogen and oxygen atoms in total. The Morgan fingerprint density at radius 1 is 1.47 bits per heavy atom. The number of nitriles is 1. The first-order valence-corrected chi connectivity index (χ1v) is 5.52. The molecule has 86 valence electrons. The Hall–Kier alpha value is -2.24. The molecular weight excluding hydrogens is 212 g/mol. The lowest BCUT2D eigenvalue weighted by atomic mass is 10.1. The van der Waals surface area contributed by atoms with Gasteiger partial charge in [0.25, 0.3) is 0 Å². The van der Waals surface area contributed by atoms with Crippen molar-refractivity contribution in [2.45, 2.75) is 25.8 Å². The van der Waals surface area contributed by atoms with Crippen LogP contribution in [0.25, 0.3) is 16.5 Å². The van der Waals surface area contributed by atoms with Crippen LogP contribution in [0.4, 0.5) is 0 Å². The van der Waals surface area contributed by atoms with E-state index in [0.717, 1.165) is 18.4 Å². The molecule has 1 unspecified atom stereocenters. The summed E-state index contributed by atoms with van der Waals surface area (Å²) in [7, 11) is 0. The molecule has 17 heavy (non-hydrogen) atoms. The molecule has 0 amide bonds. The molecule has 1 atom stereocenters. The second-order valence-corrected chi connectivity index (χ2v) is 3.65. The Balaban J connectivity index is 2.73. The molecule has 0 fully saturated rings. The van der Waals surface area contributed by atoms with Crippen molar-refractivity contribution in [3.8, 4) is 6.07 Å². The third-order valence-electron chi connectivity index (χ3n) is 2.34. The average Bonchev–Trinajstić information content (AvgIpc) is 2.37. The van der Waals surface area contributed by atoms with Crippen molar-refractivity contribution in [3.05, 3.63) is 51.9 Å². The van der Waals surface area contributed by atoms with Gasteiger partial charge in [0.15, 0.2) is 0 Å². The zero-order chi connectivity index (χ0) is 12.5. The highest BCUT2D eigenvalue weighted by Crippen LogP contribution is 2.09. The number of azide groups is 1. The summed E-state index contributed by atoms with van der Waals surface area (Å²) in [6, 6.07) is 9.24. The average molecular weight is 226 g/mol. The van der Waals surface area contributed by atoms with E-state index in [1.807, 2.05) is 24.3 Å². The minimum Gasteiger partial charge on any atom is -0.192 e. The minimum atomic E-state index is -0.0966. The van der Waals surface area contributed by atoms with Crippen molar-refractivity contribution in [1.82, 2.24) is 0 Å². The van der Waals surface area contributed by atoms with Crippen molar-refractivity contribution in [1.29, 1.82) is 5.26 Å². The minimum absolute atomic E-state index is 0.0966. The number of benzene rings is 1. The standard InChI is InChI=1S/C13H14N4/c1-2-3-13(16-17-15)9-8-11-4-6-12(10-14)7-5-11/h4-9,13H,2-3H2,1H3/b9-8+. The summed E-state index contributed by atoms with van der Waals surface area (Å²) in [5, 5.41) is 12.4. The highest BCUT2D eigenvalue weighted by molar-refractivity contribution is 5.51. The first-order valence-electron chi connectivity index (χ1n) is 5.52. The second kappa shape index (κ2) is 7.10. The number of nitrogens with zero attached hydrogens (tertiary/aromatic N) is 4. The van der Waals surface area contributed by atoms with Gasteiger partial charge >= 0.3 is 0 Å². The molecule has 4 heteroatoms. The van der Waals surface area contributed by atoms with Gasteiger partial charge in [-0.25, -0.2) is 0 Å². The van der Waals surface area contributed by atoms with Crippen molar-refractivity contribution in [2.24, 2.45) is 5.11 Å². The lowest BCUT2D eigenvalue weighted by Crippen LogP contribution is -1.96. The van der Waals surface area contributed by atoms with Gasteiger partial charge in [0.05, 0.1) is 17.7 Å². The fourth-order valence-electron chi connectivity index (χ4n) is 1.45. The van der Waals surface area contributed by atoms with E-state index in [9.17, 15) is 0 Å². The van der Waals surface area contributed by atoms with E-state index in [1.54, 1.807) is 12.1 Å². The lowest BCUT2D eigenvalue weighted by Gasteiger charge is -2.02. The topological polar surface area (TPSA) is 72.5 Å². The summed E-state index contributed by atoms with van der Waals surface area (Å²) < 4.78 is 0. The smallest absolute Gasteiger partial charge is 0.0991 e. The van der Waals surface area contributed by atoms with E-state index in [4.69, 9.17) is 10.8 Å². The van der Waals surface area contributed by atoms with E-state index in [-0.39, 0.29) is 6.04 Å².